The molecule has 0 spiro atoms. The summed E-state index contributed by atoms with van der Waals surface area (Å²) in [5.74, 6) is -3.30. The molecule has 0 aliphatic carbocycles. The van der Waals surface area contributed by atoms with E-state index in [0.29, 0.717) is 24.5 Å². The molecule has 7 heteroatoms. The molecule has 1 aromatic heterocycles. The number of hydrogen-bond acceptors (Lipinski definition) is 2. The molecule has 3 aromatic rings. The summed E-state index contributed by atoms with van der Waals surface area (Å²) >= 11 is 0. The van der Waals surface area contributed by atoms with Crippen LogP contribution in [0.4, 0.5) is 13.2 Å². The first-order valence-corrected chi connectivity index (χ1v) is 11.1. The monoisotopic (exact) mass is 451 g/mol. The normalized spacial score (nSPS) is 21.7. The van der Waals surface area contributed by atoms with Crippen LogP contribution in [0.15, 0.2) is 48.4 Å². The number of carbonyl (C=O) groups is 1. The third-order valence-corrected chi connectivity index (χ3v) is 6.71. The minimum Gasteiger partial charge on any atom is -0.329 e. The number of nitrogens with zero attached hydrogens (tertiary/aromatic N) is 3. The van der Waals surface area contributed by atoms with Crippen molar-refractivity contribution in [1.82, 2.24) is 14.5 Å². The highest BCUT2D eigenvalue weighted by molar-refractivity contribution is 5.99. The smallest absolute Gasteiger partial charge is 0.250 e. The number of aryl methyl sites for hydroxylation is 2. The Morgan fingerprint density at radius 1 is 1.00 bits per heavy atom. The van der Waals surface area contributed by atoms with Crippen LogP contribution in [0.1, 0.15) is 54.1 Å². The lowest BCUT2D eigenvalue weighted by Gasteiger charge is -2.35. The van der Waals surface area contributed by atoms with Gasteiger partial charge in [0, 0.05) is 35.1 Å². The Morgan fingerprint density at radius 2 is 1.79 bits per heavy atom. The first-order chi connectivity index (χ1) is 15.8. The first kappa shape index (κ1) is 21.5. The molecule has 0 radical (unpaired) electrons. The van der Waals surface area contributed by atoms with Gasteiger partial charge in [0.2, 0.25) is 0 Å². The molecule has 5 rings (SSSR count). The standard InChI is InChI=1S/C26H24F3N3O/c1-15-9-17(3-7-24(15)31-13-16(2)30-14-31)10-18-4-5-19-6-8-25(32(19)26(18)33)20-11-22(28)23(29)12-21(20)27/h3,7,9-14,19,25H,4-6,8H2,1-2H3/b18-10+/t19-,25-/m0/s1. The van der Waals surface area contributed by atoms with Crippen LogP contribution in [0.3, 0.4) is 0 Å². The van der Waals surface area contributed by atoms with Gasteiger partial charge in [0.15, 0.2) is 11.6 Å². The van der Waals surface area contributed by atoms with Crippen molar-refractivity contribution in [2.24, 2.45) is 0 Å². The second-order valence-corrected chi connectivity index (χ2v) is 8.92. The van der Waals surface area contributed by atoms with Gasteiger partial charge in [-0.3, -0.25) is 4.79 Å². The highest BCUT2D eigenvalue weighted by atomic mass is 19.2. The Kier molecular flexibility index (Phi) is 5.35. The van der Waals surface area contributed by atoms with Crippen molar-refractivity contribution >= 4 is 12.0 Å². The zero-order valence-corrected chi connectivity index (χ0v) is 18.5. The van der Waals surface area contributed by atoms with E-state index in [9.17, 15) is 18.0 Å². The number of carbonyl (C=O) groups excluding carboxylic acids is 1. The quantitative estimate of drug-likeness (QED) is 0.372. The van der Waals surface area contributed by atoms with Gasteiger partial charge in [0.05, 0.1) is 18.1 Å². The maximum Gasteiger partial charge on any atom is 0.250 e. The van der Waals surface area contributed by atoms with Crippen LogP contribution in [-0.2, 0) is 4.79 Å². The second-order valence-electron chi connectivity index (χ2n) is 8.92. The van der Waals surface area contributed by atoms with Gasteiger partial charge in [-0.25, -0.2) is 18.2 Å². The van der Waals surface area contributed by atoms with E-state index in [-0.39, 0.29) is 17.5 Å². The summed E-state index contributed by atoms with van der Waals surface area (Å²) < 4.78 is 43.7. The number of aromatic nitrogens is 2. The molecule has 2 saturated heterocycles. The summed E-state index contributed by atoms with van der Waals surface area (Å²) in [5, 5.41) is 0. The van der Waals surface area contributed by atoms with E-state index in [4.69, 9.17) is 0 Å². The van der Waals surface area contributed by atoms with E-state index in [0.717, 1.165) is 41.4 Å². The molecule has 2 aromatic carbocycles. The van der Waals surface area contributed by atoms with E-state index in [1.807, 2.05) is 48.9 Å². The fraction of sp³-hybridized carbons (Fsp3) is 0.308. The molecule has 0 saturated carbocycles. The van der Waals surface area contributed by atoms with Gasteiger partial charge in [-0.05, 0) is 74.9 Å². The zero-order chi connectivity index (χ0) is 23.3. The molecule has 2 fully saturated rings. The fourth-order valence-corrected chi connectivity index (χ4v) is 5.11. The predicted molar refractivity (Wildman–Crippen MR) is 119 cm³/mol. The maximum absolute atomic E-state index is 14.5. The lowest BCUT2D eigenvalue weighted by molar-refractivity contribution is -0.131. The van der Waals surface area contributed by atoms with Crippen LogP contribution in [0.25, 0.3) is 11.8 Å². The molecule has 0 bridgehead atoms. The van der Waals surface area contributed by atoms with Crippen LogP contribution in [0, 0.1) is 31.3 Å². The van der Waals surface area contributed by atoms with Gasteiger partial charge in [0.25, 0.3) is 5.91 Å². The van der Waals surface area contributed by atoms with Gasteiger partial charge in [-0.15, -0.1) is 0 Å². The summed E-state index contributed by atoms with van der Waals surface area (Å²) in [6.07, 6.45) is 8.26. The Bertz CT molecular complexity index is 1280. The van der Waals surface area contributed by atoms with Crippen molar-refractivity contribution < 1.29 is 18.0 Å². The van der Waals surface area contributed by atoms with Crippen molar-refractivity contribution in [2.75, 3.05) is 0 Å². The Hall–Kier alpha value is -3.35. The number of benzene rings is 2. The fourth-order valence-electron chi connectivity index (χ4n) is 5.11. The number of rotatable bonds is 3. The van der Waals surface area contributed by atoms with Crippen LogP contribution in [-0.4, -0.2) is 26.4 Å². The number of imidazole rings is 1. The summed E-state index contributed by atoms with van der Waals surface area (Å²) in [6, 6.07) is 6.83. The second kappa shape index (κ2) is 8.21. The molecular formula is C26H24F3N3O. The molecular weight excluding hydrogens is 427 g/mol. The first-order valence-electron chi connectivity index (χ1n) is 11.1. The summed E-state index contributed by atoms with van der Waals surface area (Å²) in [4.78, 5) is 19.3. The van der Waals surface area contributed by atoms with Crippen molar-refractivity contribution in [3.63, 3.8) is 0 Å². The number of fused-ring (bicyclic) bond motifs is 1. The van der Waals surface area contributed by atoms with Gasteiger partial charge in [-0.2, -0.15) is 0 Å². The molecule has 3 heterocycles. The minimum absolute atomic E-state index is 0.0132. The third-order valence-electron chi connectivity index (χ3n) is 6.71. The van der Waals surface area contributed by atoms with Crippen molar-refractivity contribution in [3.05, 3.63) is 88.3 Å². The van der Waals surface area contributed by atoms with Gasteiger partial charge in [-0.1, -0.05) is 6.07 Å². The van der Waals surface area contributed by atoms with Gasteiger partial charge in [0.1, 0.15) is 5.82 Å². The minimum atomic E-state index is -1.22. The molecule has 2 aliphatic heterocycles. The molecule has 33 heavy (non-hydrogen) atoms. The maximum atomic E-state index is 14.5. The summed E-state index contributed by atoms with van der Waals surface area (Å²) in [6.45, 7) is 3.94. The van der Waals surface area contributed by atoms with E-state index in [1.54, 1.807) is 11.2 Å². The lowest BCUT2D eigenvalue weighted by atomic mass is 9.95. The van der Waals surface area contributed by atoms with Crippen LogP contribution in [0.5, 0.6) is 0 Å². The highest BCUT2D eigenvalue weighted by Gasteiger charge is 2.42. The molecule has 0 unspecified atom stereocenters. The van der Waals surface area contributed by atoms with E-state index in [1.165, 1.54) is 0 Å². The topological polar surface area (TPSA) is 38.1 Å². The Morgan fingerprint density at radius 3 is 2.52 bits per heavy atom. The SMILES string of the molecule is Cc1cn(-c2ccc(/C=C3\CC[C@H]4CC[C@@H](c5cc(F)c(F)cc5F)N4C3=O)cc2C)cn1. The average molecular weight is 451 g/mol. The molecule has 170 valence electrons. The molecule has 0 N–H and O–H groups in total. The highest BCUT2D eigenvalue weighted by Crippen LogP contribution is 2.43. The summed E-state index contributed by atoms with van der Waals surface area (Å²) in [5.41, 5.74) is 4.59. The lowest BCUT2D eigenvalue weighted by Crippen LogP contribution is -2.42. The van der Waals surface area contributed by atoms with Crippen molar-refractivity contribution in [2.45, 2.75) is 51.6 Å². The molecule has 1 amide bonds. The van der Waals surface area contributed by atoms with Gasteiger partial charge < -0.3 is 9.47 Å². The number of amides is 1. The van der Waals surface area contributed by atoms with E-state index < -0.39 is 23.5 Å². The number of piperidine rings is 1. The van der Waals surface area contributed by atoms with Crippen LogP contribution < -0.4 is 0 Å². The third kappa shape index (κ3) is 3.86. The molecule has 2 aliphatic rings. The summed E-state index contributed by atoms with van der Waals surface area (Å²) in [7, 11) is 0. The van der Waals surface area contributed by atoms with Crippen LogP contribution in [0.2, 0.25) is 0 Å². The molecule has 4 nitrogen and oxygen atoms in total. The Balaban J connectivity index is 1.44. The largest absolute Gasteiger partial charge is 0.329 e. The predicted octanol–water partition coefficient (Wildman–Crippen LogP) is 5.82. The molecule has 2 atom stereocenters. The number of hydrogen-bond donors (Lipinski definition) is 0. The average Bonchev–Trinajstić information content (AvgIpc) is 3.39. The van der Waals surface area contributed by atoms with Crippen LogP contribution >= 0.6 is 0 Å². The number of halogens is 3. The van der Waals surface area contributed by atoms with E-state index >= 15 is 0 Å². The Labute approximate surface area is 190 Å². The van der Waals surface area contributed by atoms with Gasteiger partial charge >= 0.3 is 0 Å². The van der Waals surface area contributed by atoms with Crippen molar-refractivity contribution in [1.29, 1.82) is 0 Å². The van der Waals surface area contributed by atoms with E-state index in [2.05, 4.69) is 4.98 Å². The van der Waals surface area contributed by atoms with Crippen molar-refractivity contribution in [3.8, 4) is 5.69 Å². The zero-order valence-electron chi connectivity index (χ0n) is 18.5.